The lowest BCUT2D eigenvalue weighted by Gasteiger charge is -2.36. The molecule has 3 atom stereocenters. The maximum absolute atomic E-state index is 11.5. The Hall–Kier alpha value is -1.51. The van der Waals surface area contributed by atoms with Crippen molar-refractivity contribution in [2.75, 3.05) is 20.7 Å². The molecule has 2 N–H and O–H groups in total. The number of carbonyl (C=O) groups is 1. The normalized spacial score (nSPS) is 24.3. The molecule has 0 spiro atoms. The summed E-state index contributed by atoms with van der Waals surface area (Å²) in [4.78, 5) is 13.6. The standard InChI is InChI=1S/C16H29N5O3/c1-4-16(23)17-14-6-5-13(24-15(14)11-22)7-8-21-10-12(18-19-21)9-20(2)3/h10,13-15,22H,4-9,11H2,1-3H3,(H,17,23)/t13-,14+,15-/m0/s1. The van der Waals surface area contributed by atoms with Crippen LogP contribution < -0.4 is 5.32 Å². The van der Waals surface area contributed by atoms with E-state index in [1.54, 1.807) is 0 Å². The summed E-state index contributed by atoms with van der Waals surface area (Å²) in [6.45, 7) is 3.24. The lowest BCUT2D eigenvalue weighted by molar-refractivity contribution is -0.128. The van der Waals surface area contributed by atoms with Crippen LogP contribution in [-0.2, 0) is 22.6 Å². The number of rotatable bonds is 8. The average Bonchev–Trinajstić information content (AvgIpc) is 3.00. The first-order chi connectivity index (χ1) is 11.5. The van der Waals surface area contributed by atoms with Crippen molar-refractivity contribution >= 4 is 5.91 Å². The summed E-state index contributed by atoms with van der Waals surface area (Å²) in [5.74, 6) is -0.00321. The second-order valence-corrected chi connectivity index (χ2v) is 6.58. The number of nitrogens with one attached hydrogen (secondary N) is 1. The zero-order valence-electron chi connectivity index (χ0n) is 14.8. The van der Waals surface area contributed by atoms with Crippen LogP contribution in [0.25, 0.3) is 0 Å². The quantitative estimate of drug-likeness (QED) is 0.701. The average molecular weight is 339 g/mol. The predicted octanol–water partition coefficient (Wildman–Crippen LogP) is 0.165. The van der Waals surface area contributed by atoms with Gasteiger partial charge in [0, 0.05) is 25.7 Å². The first kappa shape index (κ1) is 18.8. The zero-order chi connectivity index (χ0) is 17.5. The van der Waals surface area contributed by atoms with Gasteiger partial charge < -0.3 is 20.1 Å². The molecule has 0 aliphatic carbocycles. The number of hydrogen-bond donors (Lipinski definition) is 2. The molecule has 1 fully saturated rings. The third kappa shape index (κ3) is 5.54. The fourth-order valence-electron chi connectivity index (χ4n) is 2.94. The second-order valence-electron chi connectivity index (χ2n) is 6.58. The van der Waals surface area contributed by atoms with Crippen LogP contribution in [0.5, 0.6) is 0 Å². The van der Waals surface area contributed by atoms with Gasteiger partial charge in [-0.3, -0.25) is 9.48 Å². The number of aromatic nitrogens is 3. The van der Waals surface area contributed by atoms with Crippen LogP contribution in [0, 0.1) is 0 Å². The number of hydrogen-bond acceptors (Lipinski definition) is 6. The van der Waals surface area contributed by atoms with Gasteiger partial charge in [-0.1, -0.05) is 12.1 Å². The molecule has 0 aromatic carbocycles. The lowest BCUT2D eigenvalue weighted by atomic mass is 9.97. The number of amides is 1. The van der Waals surface area contributed by atoms with Crippen LogP contribution in [0.15, 0.2) is 6.20 Å². The van der Waals surface area contributed by atoms with Gasteiger partial charge in [0.1, 0.15) is 6.10 Å². The largest absolute Gasteiger partial charge is 0.394 e. The monoisotopic (exact) mass is 339 g/mol. The van der Waals surface area contributed by atoms with E-state index in [-0.39, 0.29) is 30.8 Å². The van der Waals surface area contributed by atoms with Crippen LogP contribution in [0.2, 0.25) is 0 Å². The Labute approximate surface area is 143 Å². The molecule has 0 unspecified atom stereocenters. The summed E-state index contributed by atoms with van der Waals surface area (Å²) >= 11 is 0. The lowest BCUT2D eigenvalue weighted by Crippen LogP contribution is -2.50. The molecule has 24 heavy (non-hydrogen) atoms. The van der Waals surface area contributed by atoms with Gasteiger partial charge in [-0.05, 0) is 33.4 Å². The van der Waals surface area contributed by atoms with E-state index in [1.807, 2.05) is 31.9 Å². The summed E-state index contributed by atoms with van der Waals surface area (Å²) in [6, 6.07) is -0.100. The van der Waals surface area contributed by atoms with Crippen LogP contribution in [0.3, 0.4) is 0 Å². The minimum Gasteiger partial charge on any atom is -0.394 e. The van der Waals surface area contributed by atoms with E-state index in [2.05, 4.69) is 20.5 Å². The first-order valence-corrected chi connectivity index (χ1v) is 8.61. The SMILES string of the molecule is CCC(=O)N[C@@H]1CC[C@@H](CCn2cc(CN(C)C)nn2)O[C@H]1CO. The molecule has 0 radical (unpaired) electrons. The molecule has 8 heteroatoms. The maximum Gasteiger partial charge on any atom is 0.220 e. The highest BCUT2D eigenvalue weighted by Crippen LogP contribution is 2.22. The van der Waals surface area contributed by atoms with E-state index < -0.39 is 0 Å². The molecular weight excluding hydrogens is 310 g/mol. The van der Waals surface area contributed by atoms with Crippen molar-refractivity contribution < 1.29 is 14.6 Å². The first-order valence-electron chi connectivity index (χ1n) is 8.61. The molecule has 8 nitrogen and oxygen atoms in total. The number of carbonyl (C=O) groups excluding carboxylic acids is 1. The van der Waals surface area contributed by atoms with Gasteiger partial charge in [0.15, 0.2) is 0 Å². The Morgan fingerprint density at radius 2 is 2.29 bits per heavy atom. The molecule has 1 aliphatic heterocycles. The highest BCUT2D eigenvalue weighted by atomic mass is 16.5. The fraction of sp³-hybridized carbons (Fsp3) is 0.812. The van der Waals surface area contributed by atoms with Gasteiger partial charge in [-0.25, -0.2) is 0 Å². The Morgan fingerprint density at radius 3 is 2.96 bits per heavy atom. The molecule has 1 aromatic rings. The molecule has 1 amide bonds. The molecule has 0 saturated carbocycles. The third-order valence-electron chi connectivity index (χ3n) is 4.21. The topological polar surface area (TPSA) is 92.5 Å². The van der Waals surface area contributed by atoms with Gasteiger partial charge in [0.25, 0.3) is 0 Å². The molecule has 1 saturated heterocycles. The number of nitrogens with zero attached hydrogens (tertiary/aromatic N) is 4. The van der Waals surface area contributed by atoms with E-state index in [0.29, 0.717) is 6.42 Å². The highest BCUT2D eigenvalue weighted by molar-refractivity contribution is 5.75. The summed E-state index contributed by atoms with van der Waals surface area (Å²) in [6.07, 6.45) is 4.64. The second kappa shape index (κ2) is 9.10. The van der Waals surface area contributed by atoms with Crippen molar-refractivity contribution in [3.05, 3.63) is 11.9 Å². The van der Waals surface area contributed by atoms with E-state index in [0.717, 1.165) is 38.0 Å². The Bertz CT molecular complexity index is 520. The van der Waals surface area contributed by atoms with Crippen molar-refractivity contribution in [1.82, 2.24) is 25.2 Å². The Kier molecular flexibility index (Phi) is 7.14. The van der Waals surface area contributed by atoms with Gasteiger partial charge in [-0.2, -0.15) is 0 Å². The number of ether oxygens (including phenoxy) is 1. The minimum atomic E-state index is -0.334. The van der Waals surface area contributed by atoms with E-state index >= 15 is 0 Å². The Morgan fingerprint density at radius 1 is 1.50 bits per heavy atom. The van der Waals surface area contributed by atoms with Crippen molar-refractivity contribution in [3.63, 3.8) is 0 Å². The van der Waals surface area contributed by atoms with E-state index in [4.69, 9.17) is 4.74 Å². The molecule has 2 rings (SSSR count). The summed E-state index contributed by atoms with van der Waals surface area (Å²) in [7, 11) is 4.00. The number of aryl methyl sites for hydroxylation is 1. The minimum absolute atomic E-state index is 0.00321. The smallest absolute Gasteiger partial charge is 0.220 e. The fourth-order valence-corrected chi connectivity index (χ4v) is 2.94. The van der Waals surface area contributed by atoms with Crippen molar-refractivity contribution in [1.29, 1.82) is 0 Å². The molecule has 2 heterocycles. The van der Waals surface area contributed by atoms with Crippen molar-refractivity contribution in [2.45, 2.75) is 63.9 Å². The van der Waals surface area contributed by atoms with Crippen LogP contribution in [0.1, 0.15) is 38.3 Å². The van der Waals surface area contributed by atoms with Gasteiger partial charge in [0.05, 0.1) is 24.4 Å². The van der Waals surface area contributed by atoms with Gasteiger partial charge in [-0.15, -0.1) is 5.10 Å². The number of aliphatic hydroxyl groups excluding tert-OH is 1. The Balaban J connectivity index is 1.80. The highest BCUT2D eigenvalue weighted by Gasteiger charge is 2.31. The molecule has 1 aliphatic rings. The van der Waals surface area contributed by atoms with Gasteiger partial charge >= 0.3 is 0 Å². The van der Waals surface area contributed by atoms with E-state index in [9.17, 15) is 9.90 Å². The van der Waals surface area contributed by atoms with Crippen LogP contribution >= 0.6 is 0 Å². The van der Waals surface area contributed by atoms with Crippen molar-refractivity contribution in [3.8, 4) is 0 Å². The van der Waals surface area contributed by atoms with Gasteiger partial charge in [0.2, 0.25) is 5.91 Å². The summed E-state index contributed by atoms with van der Waals surface area (Å²) in [5, 5.41) is 20.7. The molecule has 0 bridgehead atoms. The maximum atomic E-state index is 11.5. The molecule has 1 aromatic heterocycles. The van der Waals surface area contributed by atoms with Crippen molar-refractivity contribution in [2.24, 2.45) is 0 Å². The summed E-state index contributed by atoms with van der Waals surface area (Å²) < 4.78 is 7.79. The van der Waals surface area contributed by atoms with E-state index in [1.165, 1.54) is 0 Å². The third-order valence-corrected chi connectivity index (χ3v) is 4.21. The molecule has 136 valence electrons. The number of aliphatic hydroxyl groups is 1. The zero-order valence-corrected chi connectivity index (χ0v) is 14.8. The predicted molar refractivity (Wildman–Crippen MR) is 89.2 cm³/mol. The molecular formula is C16H29N5O3. The summed E-state index contributed by atoms with van der Waals surface area (Å²) in [5.41, 5.74) is 0.945. The van der Waals surface area contributed by atoms with Crippen LogP contribution in [0.4, 0.5) is 0 Å². The van der Waals surface area contributed by atoms with Crippen LogP contribution in [-0.4, -0.2) is 69.9 Å².